The first-order valence-electron chi connectivity index (χ1n) is 17.0. The monoisotopic (exact) mass is 670 g/mol. The highest BCUT2D eigenvalue weighted by Gasteiger charge is 2.22. The van der Waals surface area contributed by atoms with Crippen LogP contribution >= 0.6 is 11.3 Å². The van der Waals surface area contributed by atoms with Gasteiger partial charge in [-0.1, -0.05) is 109 Å². The fourth-order valence-corrected chi connectivity index (χ4v) is 8.81. The second-order valence-electron chi connectivity index (χ2n) is 12.8. The summed E-state index contributed by atoms with van der Waals surface area (Å²) in [5, 5.41) is 6.69. The maximum atomic E-state index is 6.52. The van der Waals surface area contributed by atoms with Crippen LogP contribution in [-0.4, -0.2) is 19.5 Å². The smallest absolute Gasteiger partial charge is 0.167 e. The summed E-state index contributed by atoms with van der Waals surface area (Å²) in [7, 11) is 0. The van der Waals surface area contributed by atoms with Gasteiger partial charge in [-0.2, -0.15) is 0 Å². The second kappa shape index (κ2) is 10.9. The minimum Gasteiger partial charge on any atom is -0.455 e. The Morgan fingerprint density at radius 2 is 0.980 bits per heavy atom. The Balaban J connectivity index is 1.25. The molecule has 0 atom stereocenters. The van der Waals surface area contributed by atoms with Crippen LogP contribution in [0.2, 0.25) is 0 Å². The molecule has 0 aliphatic heterocycles. The summed E-state index contributed by atoms with van der Waals surface area (Å²) < 4.78 is 11.3. The number of rotatable bonds is 4. The third-order valence-corrected chi connectivity index (χ3v) is 11.0. The molecule has 0 radical (unpaired) electrons. The summed E-state index contributed by atoms with van der Waals surface area (Å²) in [4.78, 5) is 15.9. The van der Waals surface area contributed by atoms with Crippen molar-refractivity contribution in [2.75, 3.05) is 0 Å². The van der Waals surface area contributed by atoms with Gasteiger partial charge in [0.1, 0.15) is 11.2 Å². The molecule has 11 rings (SSSR count). The van der Waals surface area contributed by atoms with E-state index in [1.54, 1.807) is 11.3 Å². The topological polar surface area (TPSA) is 56.7 Å². The Labute approximate surface area is 295 Å². The van der Waals surface area contributed by atoms with Crippen LogP contribution in [0.15, 0.2) is 162 Å². The molecule has 6 heteroatoms. The summed E-state index contributed by atoms with van der Waals surface area (Å²) in [6.07, 6.45) is 0. The minimum atomic E-state index is 0.569. The molecule has 0 saturated heterocycles. The second-order valence-corrected chi connectivity index (χ2v) is 13.8. The van der Waals surface area contributed by atoms with Gasteiger partial charge in [0.25, 0.3) is 0 Å². The first kappa shape index (κ1) is 28.2. The first-order valence-corrected chi connectivity index (χ1v) is 17.8. The average molecular weight is 671 g/mol. The third kappa shape index (κ3) is 4.24. The number of furan rings is 1. The molecule has 0 amide bonds. The molecule has 0 aliphatic carbocycles. The Hall–Kier alpha value is -6.63. The van der Waals surface area contributed by atoms with Crippen molar-refractivity contribution in [2.24, 2.45) is 0 Å². The normalized spacial score (nSPS) is 11.9. The van der Waals surface area contributed by atoms with Crippen molar-refractivity contribution in [3.05, 3.63) is 158 Å². The number of thiophene rings is 1. The van der Waals surface area contributed by atoms with Crippen molar-refractivity contribution in [1.82, 2.24) is 19.5 Å². The highest BCUT2D eigenvalue weighted by molar-refractivity contribution is 7.25. The Bertz CT molecular complexity index is 3150. The van der Waals surface area contributed by atoms with E-state index in [-0.39, 0.29) is 0 Å². The zero-order valence-corrected chi connectivity index (χ0v) is 27.9. The molecule has 238 valence electrons. The van der Waals surface area contributed by atoms with Gasteiger partial charge >= 0.3 is 0 Å². The molecule has 11 aromatic rings. The van der Waals surface area contributed by atoms with Crippen molar-refractivity contribution in [3.63, 3.8) is 0 Å². The van der Waals surface area contributed by atoms with E-state index in [1.165, 1.54) is 14.8 Å². The summed E-state index contributed by atoms with van der Waals surface area (Å²) in [6.45, 7) is 0. The zero-order valence-electron chi connectivity index (χ0n) is 27.1. The van der Waals surface area contributed by atoms with Gasteiger partial charge in [-0.25, -0.2) is 15.0 Å². The summed E-state index contributed by atoms with van der Waals surface area (Å²) in [6, 6.07) is 54.8. The summed E-state index contributed by atoms with van der Waals surface area (Å²) in [5.74, 6) is 1.81. The molecule has 0 aliphatic rings. The van der Waals surface area contributed by atoms with Crippen LogP contribution < -0.4 is 0 Å². The average Bonchev–Trinajstić information content (AvgIpc) is 3.88. The minimum absolute atomic E-state index is 0.569. The predicted molar refractivity (Wildman–Crippen MR) is 211 cm³/mol. The number of hydrogen-bond donors (Lipinski definition) is 0. The molecule has 0 fully saturated rings. The van der Waals surface area contributed by atoms with Gasteiger partial charge < -0.3 is 8.98 Å². The zero-order chi connectivity index (χ0) is 33.5. The van der Waals surface area contributed by atoms with E-state index < -0.39 is 0 Å². The molecule has 4 aromatic heterocycles. The van der Waals surface area contributed by atoms with E-state index in [9.17, 15) is 0 Å². The predicted octanol–water partition coefficient (Wildman–Crippen LogP) is 12.2. The van der Waals surface area contributed by atoms with E-state index in [0.717, 1.165) is 71.5 Å². The van der Waals surface area contributed by atoms with Crippen LogP contribution in [0.4, 0.5) is 0 Å². The molecule has 0 N–H and O–H groups in total. The van der Waals surface area contributed by atoms with Gasteiger partial charge in [-0.15, -0.1) is 11.3 Å². The van der Waals surface area contributed by atoms with Crippen molar-refractivity contribution < 1.29 is 4.42 Å². The van der Waals surface area contributed by atoms with E-state index in [1.807, 2.05) is 18.2 Å². The lowest BCUT2D eigenvalue weighted by Gasteiger charge is -2.11. The highest BCUT2D eigenvalue weighted by atomic mass is 32.1. The van der Waals surface area contributed by atoms with Crippen LogP contribution in [0.1, 0.15) is 0 Å². The van der Waals surface area contributed by atoms with Crippen molar-refractivity contribution in [2.45, 2.75) is 0 Å². The van der Waals surface area contributed by atoms with Crippen LogP contribution in [0.25, 0.3) is 104 Å². The fraction of sp³-hybridized carbons (Fsp3) is 0. The summed E-state index contributed by atoms with van der Waals surface area (Å²) >= 11 is 1.79. The lowest BCUT2D eigenvalue weighted by atomic mass is 10.0. The number of hydrogen-bond acceptors (Lipinski definition) is 5. The molecule has 0 saturated carbocycles. The quantitative estimate of drug-likeness (QED) is 0.187. The van der Waals surface area contributed by atoms with Gasteiger partial charge in [-0.05, 0) is 48.5 Å². The fourth-order valence-electron chi connectivity index (χ4n) is 7.68. The van der Waals surface area contributed by atoms with Crippen LogP contribution in [-0.2, 0) is 0 Å². The van der Waals surface area contributed by atoms with E-state index >= 15 is 0 Å². The molecule has 4 heterocycles. The van der Waals surface area contributed by atoms with E-state index in [2.05, 4.69) is 144 Å². The van der Waals surface area contributed by atoms with Gasteiger partial charge in [0.15, 0.2) is 17.5 Å². The maximum absolute atomic E-state index is 6.52. The molecule has 51 heavy (non-hydrogen) atoms. The van der Waals surface area contributed by atoms with Crippen molar-refractivity contribution >= 4 is 75.3 Å². The lowest BCUT2D eigenvalue weighted by Crippen LogP contribution is -2.01. The number of para-hydroxylation sites is 4. The molecular formula is C45H26N4OS. The Morgan fingerprint density at radius 3 is 1.82 bits per heavy atom. The third-order valence-electron chi connectivity index (χ3n) is 9.88. The van der Waals surface area contributed by atoms with Gasteiger partial charge in [0.2, 0.25) is 0 Å². The number of nitrogens with zero attached hydrogens (tertiary/aromatic N) is 4. The first-order chi connectivity index (χ1) is 25.3. The van der Waals surface area contributed by atoms with Crippen molar-refractivity contribution in [1.29, 1.82) is 0 Å². The number of aromatic nitrogens is 4. The number of benzene rings is 7. The van der Waals surface area contributed by atoms with E-state index in [0.29, 0.717) is 17.5 Å². The molecule has 0 spiro atoms. The standard InChI is InChI=1S/C45H26N4OS/c1-2-13-27(14-3-1)49-35-22-7-4-16-30(35)40-32(19-11-23-36(40)49)43-46-44(33-20-12-26-39-41(33)31-17-6-9-25-38(31)51-39)48-45(47-43)34-21-10-18-29-28-15-5-8-24-37(28)50-42(29)34/h1-26H. The highest BCUT2D eigenvalue weighted by Crippen LogP contribution is 2.42. The largest absolute Gasteiger partial charge is 0.455 e. The van der Waals surface area contributed by atoms with E-state index in [4.69, 9.17) is 19.4 Å². The van der Waals surface area contributed by atoms with Crippen molar-refractivity contribution in [3.8, 4) is 39.9 Å². The molecule has 7 aromatic carbocycles. The van der Waals surface area contributed by atoms with Crippen LogP contribution in [0.3, 0.4) is 0 Å². The Morgan fingerprint density at radius 1 is 0.412 bits per heavy atom. The van der Waals surface area contributed by atoms with Crippen LogP contribution in [0.5, 0.6) is 0 Å². The van der Waals surface area contributed by atoms with Gasteiger partial charge in [0.05, 0.1) is 16.6 Å². The maximum Gasteiger partial charge on any atom is 0.167 e. The number of fused-ring (bicyclic) bond motifs is 9. The molecular weight excluding hydrogens is 645 g/mol. The van der Waals surface area contributed by atoms with Crippen LogP contribution in [0, 0.1) is 0 Å². The molecule has 0 bridgehead atoms. The summed E-state index contributed by atoms with van der Waals surface area (Å²) in [5.41, 5.74) is 7.67. The lowest BCUT2D eigenvalue weighted by molar-refractivity contribution is 0.669. The van der Waals surface area contributed by atoms with Gasteiger partial charge in [0, 0.05) is 58.5 Å². The Kier molecular flexibility index (Phi) is 6.05. The SMILES string of the molecule is c1ccc(-n2c3ccccc3c3c(-c4nc(-c5cccc6c5oc5ccccc56)nc(-c5cccc6sc7ccccc7c56)n4)cccc32)cc1. The molecule has 0 unspecified atom stereocenters. The molecule has 5 nitrogen and oxygen atoms in total. The van der Waals surface area contributed by atoms with Gasteiger partial charge in [-0.3, -0.25) is 0 Å².